The molecule has 0 saturated heterocycles. The molecule has 152 valence electrons. The summed E-state index contributed by atoms with van der Waals surface area (Å²) in [5.41, 5.74) is 1.83. The van der Waals surface area contributed by atoms with Crippen LogP contribution in [0.25, 0.3) is 11.4 Å². The van der Waals surface area contributed by atoms with Gasteiger partial charge in [-0.05, 0) is 62.4 Å². The molecule has 6 nitrogen and oxygen atoms in total. The Morgan fingerprint density at radius 2 is 1.47 bits per heavy atom. The molecule has 0 aliphatic rings. The van der Waals surface area contributed by atoms with Crippen molar-refractivity contribution in [1.29, 1.82) is 0 Å². The number of aryl methyl sites for hydroxylation is 2. The SMILES string of the molecule is Cc1nc(C(O)c2c(C=O)nc(C)n2-c2ccc(F)cc2)cn1-c1ccc(F)cc1. The number of hydrogen-bond acceptors (Lipinski definition) is 4. The lowest BCUT2D eigenvalue weighted by atomic mass is 10.1. The molecule has 2 aromatic heterocycles. The van der Waals surface area contributed by atoms with E-state index in [9.17, 15) is 18.7 Å². The number of aliphatic hydroxyl groups is 1. The molecule has 0 bridgehead atoms. The van der Waals surface area contributed by atoms with E-state index >= 15 is 0 Å². The van der Waals surface area contributed by atoms with Gasteiger partial charge in [0, 0.05) is 17.6 Å². The molecular weight excluding hydrogens is 390 g/mol. The number of rotatable bonds is 5. The molecule has 0 fully saturated rings. The Morgan fingerprint density at radius 3 is 2.03 bits per heavy atom. The number of aldehydes is 1. The Bertz CT molecular complexity index is 1210. The van der Waals surface area contributed by atoms with Gasteiger partial charge in [-0.15, -0.1) is 0 Å². The lowest BCUT2D eigenvalue weighted by Crippen LogP contribution is -2.11. The van der Waals surface area contributed by atoms with Crippen molar-refractivity contribution in [3.63, 3.8) is 0 Å². The Balaban J connectivity index is 1.81. The van der Waals surface area contributed by atoms with Gasteiger partial charge in [-0.3, -0.25) is 9.36 Å². The monoisotopic (exact) mass is 408 g/mol. The third-order valence-electron chi connectivity index (χ3n) is 4.85. The normalized spacial score (nSPS) is 12.2. The van der Waals surface area contributed by atoms with Crippen LogP contribution in [0.3, 0.4) is 0 Å². The van der Waals surface area contributed by atoms with E-state index in [1.54, 1.807) is 41.3 Å². The molecule has 1 atom stereocenters. The minimum absolute atomic E-state index is 0.0679. The summed E-state index contributed by atoms with van der Waals surface area (Å²) >= 11 is 0. The van der Waals surface area contributed by atoms with Crippen LogP contribution in [0.2, 0.25) is 0 Å². The highest BCUT2D eigenvalue weighted by molar-refractivity contribution is 5.75. The largest absolute Gasteiger partial charge is 0.380 e. The van der Waals surface area contributed by atoms with Gasteiger partial charge in [0.15, 0.2) is 6.29 Å². The number of aromatic nitrogens is 4. The molecule has 0 amide bonds. The quantitative estimate of drug-likeness (QED) is 0.509. The number of nitrogens with zero attached hydrogens (tertiary/aromatic N) is 4. The van der Waals surface area contributed by atoms with E-state index in [4.69, 9.17) is 0 Å². The first-order valence-corrected chi connectivity index (χ1v) is 9.19. The van der Waals surface area contributed by atoms with E-state index in [2.05, 4.69) is 9.97 Å². The Morgan fingerprint density at radius 1 is 0.900 bits per heavy atom. The molecule has 8 heteroatoms. The molecule has 0 aliphatic carbocycles. The zero-order chi connectivity index (χ0) is 21.4. The van der Waals surface area contributed by atoms with E-state index in [0.29, 0.717) is 35.0 Å². The topological polar surface area (TPSA) is 72.9 Å². The van der Waals surface area contributed by atoms with Gasteiger partial charge in [-0.1, -0.05) is 0 Å². The van der Waals surface area contributed by atoms with Crippen molar-refractivity contribution in [3.8, 4) is 11.4 Å². The van der Waals surface area contributed by atoms with E-state index in [1.807, 2.05) is 0 Å². The van der Waals surface area contributed by atoms with Crippen LogP contribution in [0.1, 0.15) is 39.6 Å². The number of carbonyl (C=O) groups excluding carboxylic acids is 1. The van der Waals surface area contributed by atoms with Gasteiger partial charge in [-0.2, -0.15) is 0 Å². The third-order valence-corrected chi connectivity index (χ3v) is 4.85. The molecule has 4 aromatic rings. The molecule has 2 heterocycles. The van der Waals surface area contributed by atoms with E-state index in [-0.39, 0.29) is 17.2 Å². The summed E-state index contributed by atoms with van der Waals surface area (Å²) in [6.45, 7) is 3.44. The zero-order valence-electron chi connectivity index (χ0n) is 16.3. The van der Waals surface area contributed by atoms with Crippen molar-refractivity contribution < 1.29 is 18.7 Å². The van der Waals surface area contributed by atoms with Crippen LogP contribution in [0.15, 0.2) is 54.7 Å². The second-order valence-electron chi connectivity index (χ2n) is 6.82. The summed E-state index contributed by atoms with van der Waals surface area (Å²) in [7, 11) is 0. The van der Waals surface area contributed by atoms with Gasteiger partial charge in [-0.25, -0.2) is 18.7 Å². The summed E-state index contributed by atoms with van der Waals surface area (Å²) in [6, 6.07) is 11.5. The highest BCUT2D eigenvalue weighted by Gasteiger charge is 2.26. The van der Waals surface area contributed by atoms with Crippen LogP contribution in [0, 0.1) is 25.5 Å². The molecule has 30 heavy (non-hydrogen) atoms. The van der Waals surface area contributed by atoms with Crippen molar-refractivity contribution in [2.45, 2.75) is 20.0 Å². The van der Waals surface area contributed by atoms with Crippen molar-refractivity contribution >= 4 is 6.29 Å². The first kappa shape index (κ1) is 19.7. The molecular formula is C22H18F2N4O2. The van der Waals surface area contributed by atoms with Gasteiger partial charge in [0.2, 0.25) is 0 Å². The molecule has 0 saturated carbocycles. The Labute approximate surface area is 171 Å². The summed E-state index contributed by atoms with van der Waals surface area (Å²) in [4.78, 5) is 20.3. The van der Waals surface area contributed by atoms with E-state index < -0.39 is 11.9 Å². The van der Waals surface area contributed by atoms with Crippen molar-refractivity contribution in [1.82, 2.24) is 19.1 Å². The van der Waals surface area contributed by atoms with Crippen LogP contribution in [-0.2, 0) is 0 Å². The van der Waals surface area contributed by atoms with Gasteiger partial charge >= 0.3 is 0 Å². The maximum absolute atomic E-state index is 13.4. The maximum atomic E-state index is 13.4. The van der Waals surface area contributed by atoms with E-state index in [0.717, 1.165) is 0 Å². The first-order valence-electron chi connectivity index (χ1n) is 9.19. The summed E-state index contributed by atoms with van der Waals surface area (Å²) < 4.78 is 29.9. The lowest BCUT2D eigenvalue weighted by Gasteiger charge is -2.14. The highest BCUT2D eigenvalue weighted by Crippen LogP contribution is 2.29. The summed E-state index contributed by atoms with van der Waals surface area (Å²) in [5.74, 6) is 0.286. The average molecular weight is 408 g/mol. The van der Waals surface area contributed by atoms with Gasteiger partial charge < -0.3 is 9.67 Å². The highest BCUT2D eigenvalue weighted by atomic mass is 19.1. The molecule has 0 aliphatic heterocycles. The van der Waals surface area contributed by atoms with Crippen molar-refractivity contribution in [2.24, 2.45) is 0 Å². The molecule has 1 N–H and O–H groups in total. The number of hydrogen-bond donors (Lipinski definition) is 1. The smallest absolute Gasteiger partial charge is 0.170 e. The average Bonchev–Trinajstić information content (AvgIpc) is 3.28. The second-order valence-corrected chi connectivity index (χ2v) is 6.82. The lowest BCUT2D eigenvalue weighted by molar-refractivity contribution is 0.111. The predicted octanol–water partition coefficient (Wildman–Crippen LogP) is 3.85. The number of carbonyl (C=O) groups is 1. The summed E-state index contributed by atoms with van der Waals surface area (Å²) in [5, 5.41) is 11.1. The van der Waals surface area contributed by atoms with Crippen LogP contribution in [0.5, 0.6) is 0 Å². The Kier molecular flexibility index (Phi) is 5.01. The number of aliphatic hydroxyl groups excluding tert-OH is 1. The standard InChI is InChI=1S/C22H18F2N4O2/c1-13-25-19(11-27(13)17-7-3-15(23)4-8-17)22(30)21-20(12-29)26-14(2)28(21)18-9-5-16(24)6-10-18/h3-12,22,30H,1-2H3. The van der Waals surface area contributed by atoms with Crippen LogP contribution in [0.4, 0.5) is 8.78 Å². The van der Waals surface area contributed by atoms with Crippen molar-refractivity contribution in [2.75, 3.05) is 0 Å². The van der Waals surface area contributed by atoms with Crippen LogP contribution < -0.4 is 0 Å². The van der Waals surface area contributed by atoms with Gasteiger partial charge in [0.1, 0.15) is 35.1 Å². The zero-order valence-corrected chi connectivity index (χ0v) is 16.3. The number of benzene rings is 2. The number of halogens is 2. The fraction of sp³-hybridized carbons (Fsp3) is 0.136. The second kappa shape index (κ2) is 7.64. The first-order chi connectivity index (χ1) is 14.4. The number of imidazole rings is 2. The fourth-order valence-electron chi connectivity index (χ4n) is 3.47. The van der Waals surface area contributed by atoms with Crippen LogP contribution in [-0.4, -0.2) is 30.5 Å². The molecule has 0 radical (unpaired) electrons. The Hall–Kier alpha value is -3.65. The molecule has 1 unspecified atom stereocenters. The van der Waals surface area contributed by atoms with Gasteiger partial charge in [0.25, 0.3) is 0 Å². The van der Waals surface area contributed by atoms with Crippen molar-refractivity contribution in [3.05, 3.63) is 95.1 Å². The molecule has 0 spiro atoms. The molecule has 2 aromatic carbocycles. The van der Waals surface area contributed by atoms with Crippen LogP contribution >= 0.6 is 0 Å². The predicted molar refractivity (Wildman–Crippen MR) is 106 cm³/mol. The van der Waals surface area contributed by atoms with E-state index in [1.165, 1.54) is 36.4 Å². The van der Waals surface area contributed by atoms with Gasteiger partial charge in [0.05, 0.1) is 11.4 Å². The third kappa shape index (κ3) is 3.42. The maximum Gasteiger partial charge on any atom is 0.170 e. The summed E-state index contributed by atoms with van der Waals surface area (Å²) in [6.07, 6.45) is 0.922. The minimum Gasteiger partial charge on any atom is -0.380 e. The molecule has 4 rings (SSSR count). The fourth-order valence-corrected chi connectivity index (χ4v) is 3.47. The minimum atomic E-state index is -1.27.